The molecule has 1 heterocycles. The Bertz CT molecular complexity index is 398. The molecule has 6 nitrogen and oxygen atoms in total. The maximum atomic E-state index is 11.5. The Hall–Kier alpha value is -1.85. The third-order valence-electron chi connectivity index (χ3n) is 2.01. The highest BCUT2D eigenvalue weighted by molar-refractivity contribution is 6.00. The van der Waals surface area contributed by atoms with Crippen LogP contribution in [0.15, 0.2) is 6.20 Å². The van der Waals surface area contributed by atoms with Gasteiger partial charge >= 0.3 is 5.97 Å². The van der Waals surface area contributed by atoms with Crippen LogP contribution in [0.2, 0.25) is 0 Å². The second-order valence-corrected chi connectivity index (χ2v) is 3.15. The van der Waals surface area contributed by atoms with Gasteiger partial charge in [-0.3, -0.25) is 9.48 Å². The monoisotopic (exact) mass is 225 g/mol. The zero-order chi connectivity index (χ0) is 12.1. The average Bonchev–Trinajstić information content (AvgIpc) is 2.61. The summed E-state index contributed by atoms with van der Waals surface area (Å²) >= 11 is 0. The first-order chi connectivity index (χ1) is 7.60. The van der Waals surface area contributed by atoms with Gasteiger partial charge in [0.1, 0.15) is 11.4 Å². The van der Waals surface area contributed by atoms with E-state index in [4.69, 9.17) is 4.74 Å². The normalized spacial score (nSPS) is 9.94. The summed E-state index contributed by atoms with van der Waals surface area (Å²) in [7, 11) is 1.65. The number of esters is 1. The molecule has 0 fully saturated rings. The lowest BCUT2D eigenvalue weighted by Gasteiger charge is -2.06. The summed E-state index contributed by atoms with van der Waals surface area (Å²) in [6.07, 6.45) is 1.72. The first-order valence-electron chi connectivity index (χ1n) is 5.09. The summed E-state index contributed by atoms with van der Waals surface area (Å²) in [5.41, 5.74) is 0.270. The first-order valence-corrected chi connectivity index (χ1v) is 5.09. The molecule has 1 N–H and O–H groups in total. The van der Waals surface area contributed by atoms with Crippen molar-refractivity contribution < 1.29 is 14.3 Å². The van der Waals surface area contributed by atoms with E-state index < -0.39 is 5.97 Å². The van der Waals surface area contributed by atoms with Crippen molar-refractivity contribution in [3.05, 3.63) is 11.8 Å². The van der Waals surface area contributed by atoms with Crippen LogP contribution in [-0.2, 0) is 16.6 Å². The smallest absolute Gasteiger partial charge is 0.343 e. The number of aryl methyl sites for hydroxylation is 1. The predicted octanol–water partition coefficient (Wildman–Crippen LogP) is 0.945. The maximum absolute atomic E-state index is 11.5. The summed E-state index contributed by atoms with van der Waals surface area (Å²) in [4.78, 5) is 22.8. The zero-order valence-electron chi connectivity index (χ0n) is 9.61. The van der Waals surface area contributed by atoms with Crippen LogP contribution in [0.4, 0.5) is 5.82 Å². The molecule has 0 saturated heterocycles. The molecule has 16 heavy (non-hydrogen) atoms. The quantitative estimate of drug-likeness (QED) is 0.774. The predicted molar refractivity (Wildman–Crippen MR) is 58.1 cm³/mol. The minimum atomic E-state index is -0.484. The van der Waals surface area contributed by atoms with E-state index in [0.717, 1.165) is 0 Å². The number of carbonyl (C=O) groups is 2. The van der Waals surface area contributed by atoms with Gasteiger partial charge in [0.25, 0.3) is 0 Å². The molecule has 0 aliphatic rings. The Balaban J connectivity index is 2.93. The Morgan fingerprint density at radius 2 is 2.19 bits per heavy atom. The molecule has 0 saturated carbocycles. The molecule has 0 unspecified atom stereocenters. The Morgan fingerprint density at radius 3 is 2.75 bits per heavy atom. The second kappa shape index (κ2) is 5.29. The number of nitrogens with one attached hydrogen (secondary N) is 1. The lowest BCUT2D eigenvalue weighted by molar-refractivity contribution is -0.115. The van der Waals surface area contributed by atoms with E-state index >= 15 is 0 Å². The van der Waals surface area contributed by atoms with Gasteiger partial charge in [-0.05, 0) is 6.92 Å². The molecule has 0 aliphatic heterocycles. The molecular weight excluding hydrogens is 210 g/mol. The van der Waals surface area contributed by atoms with Crippen LogP contribution in [0, 0.1) is 0 Å². The van der Waals surface area contributed by atoms with Crippen LogP contribution in [0.1, 0.15) is 30.6 Å². The zero-order valence-corrected chi connectivity index (χ0v) is 9.61. The average molecular weight is 225 g/mol. The molecule has 1 rings (SSSR count). The summed E-state index contributed by atoms with van der Waals surface area (Å²) in [5, 5.41) is 6.52. The molecule has 0 spiro atoms. The Labute approximate surface area is 93.6 Å². The summed E-state index contributed by atoms with van der Waals surface area (Å²) in [6, 6.07) is 0. The van der Waals surface area contributed by atoms with E-state index in [2.05, 4.69) is 10.4 Å². The lowest BCUT2D eigenvalue weighted by Crippen LogP contribution is -2.16. The third kappa shape index (κ3) is 2.59. The van der Waals surface area contributed by atoms with Crippen LogP contribution >= 0.6 is 0 Å². The van der Waals surface area contributed by atoms with Gasteiger partial charge in [0.2, 0.25) is 5.91 Å². The molecule has 1 aromatic heterocycles. The number of aromatic nitrogens is 2. The van der Waals surface area contributed by atoms with Gasteiger partial charge in [-0.15, -0.1) is 0 Å². The number of ether oxygens (including phenoxy) is 1. The molecule has 0 aromatic carbocycles. The number of nitrogens with zero attached hydrogens (tertiary/aromatic N) is 2. The standard InChI is InChI=1S/C10H15N3O3/c1-4-8(14)12-9-7(6-11-13(9)3)10(15)16-5-2/h6H,4-5H2,1-3H3,(H,12,14). The van der Waals surface area contributed by atoms with E-state index in [1.54, 1.807) is 20.9 Å². The van der Waals surface area contributed by atoms with Gasteiger partial charge in [0, 0.05) is 13.5 Å². The van der Waals surface area contributed by atoms with Crippen molar-refractivity contribution in [3.63, 3.8) is 0 Å². The molecule has 1 amide bonds. The van der Waals surface area contributed by atoms with Crippen molar-refractivity contribution in [2.24, 2.45) is 7.05 Å². The summed E-state index contributed by atoms with van der Waals surface area (Å²) in [5.74, 6) is -0.290. The lowest BCUT2D eigenvalue weighted by atomic mass is 10.3. The van der Waals surface area contributed by atoms with Gasteiger partial charge < -0.3 is 10.1 Å². The van der Waals surface area contributed by atoms with Crippen molar-refractivity contribution in [3.8, 4) is 0 Å². The number of rotatable bonds is 4. The first kappa shape index (κ1) is 12.2. The molecule has 6 heteroatoms. The van der Waals surface area contributed by atoms with Crippen LogP contribution in [0.25, 0.3) is 0 Å². The molecule has 0 atom stereocenters. The SMILES string of the molecule is CCOC(=O)c1cnn(C)c1NC(=O)CC. The number of anilines is 1. The number of amides is 1. The highest BCUT2D eigenvalue weighted by atomic mass is 16.5. The van der Waals surface area contributed by atoms with Gasteiger partial charge in [0.15, 0.2) is 0 Å². The Kier molecular flexibility index (Phi) is 4.04. The van der Waals surface area contributed by atoms with E-state index in [0.29, 0.717) is 12.2 Å². The second-order valence-electron chi connectivity index (χ2n) is 3.15. The van der Waals surface area contributed by atoms with Gasteiger partial charge in [-0.25, -0.2) is 4.79 Å². The van der Waals surface area contributed by atoms with Crippen molar-refractivity contribution >= 4 is 17.7 Å². The van der Waals surface area contributed by atoms with Gasteiger partial charge in [0.05, 0.1) is 12.8 Å². The minimum Gasteiger partial charge on any atom is -0.462 e. The number of carbonyl (C=O) groups excluding carboxylic acids is 2. The molecular formula is C10H15N3O3. The highest BCUT2D eigenvalue weighted by Crippen LogP contribution is 2.15. The number of hydrogen-bond donors (Lipinski definition) is 1. The highest BCUT2D eigenvalue weighted by Gasteiger charge is 2.18. The van der Waals surface area contributed by atoms with Crippen LogP contribution in [0.5, 0.6) is 0 Å². The fraction of sp³-hybridized carbons (Fsp3) is 0.500. The fourth-order valence-electron chi connectivity index (χ4n) is 1.16. The summed E-state index contributed by atoms with van der Waals surface area (Å²) in [6.45, 7) is 3.74. The topological polar surface area (TPSA) is 73.2 Å². The molecule has 0 aliphatic carbocycles. The van der Waals surface area contributed by atoms with E-state index in [9.17, 15) is 9.59 Å². The van der Waals surface area contributed by atoms with Crippen molar-refractivity contribution in [2.45, 2.75) is 20.3 Å². The largest absolute Gasteiger partial charge is 0.462 e. The maximum Gasteiger partial charge on any atom is 0.343 e. The van der Waals surface area contributed by atoms with Gasteiger partial charge in [-0.1, -0.05) is 6.92 Å². The van der Waals surface area contributed by atoms with Crippen LogP contribution in [-0.4, -0.2) is 28.3 Å². The molecule has 88 valence electrons. The van der Waals surface area contributed by atoms with Crippen LogP contribution in [0.3, 0.4) is 0 Å². The Morgan fingerprint density at radius 1 is 1.50 bits per heavy atom. The molecule has 0 bridgehead atoms. The number of hydrogen-bond acceptors (Lipinski definition) is 4. The van der Waals surface area contributed by atoms with E-state index in [1.807, 2.05) is 0 Å². The minimum absolute atomic E-state index is 0.172. The van der Waals surface area contributed by atoms with Crippen molar-refractivity contribution in [1.82, 2.24) is 9.78 Å². The summed E-state index contributed by atoms with van der Waals surface area (Å²) < 4.78 is 6.28. The third-order valence-corrected chi connectivity index (χ3v) is 2.01. The van der Waals surface area contributed by atoms with Crippen molar-refractivity contribution in [1.29, 1.82) is 0 Å². The molecule has 1 aromatic rings. The van der Waals surface area contributed by atoms with Crippen molar-refractivity contribution in [2.75, 3.05) is 11.9 Å². The molecule has 0 radical (unpaired) electrons. The van der Waals surface area contributed by atoms with Gasteiger partial charge in [-0.2, -0.15) is 5.10 Å². The fourth-order valence-corrected chi connectivity index (χ4v) is 1.16. The van der Waals surface area contributed by atoms with E-state index in [-0.39, 0.29) is 18.1 Å². The van der Waals surface area contributed by atoms with E-state index in [1.165, 1.54) is 10.9 Å². The van der Waals surface area contributed by atoms with Crippen LogP contribution < -0.4 is 5.32 Å².